The maximum atomic E-state index is 12.3. The van der Waals surface area contributed by atoms with Crippen molar-refractivity contribution in [2.75, 3.05) is 5.88 Å². The summed E-state index contributed by atoms with van der Waals surface area (Å²) < 4.78 is 0. The SMILES string of the molecule is CC(C)(CCl)NC(=O)CC12CC3CC(CC(C3)C1)C2. The van der Waals surface area contributed by atoms with Crippen LogP contribution in [0.4, 0.5) is 0 Å². The molecule has 0 saturated heterocycles. The van der Waals surface area contributed by atoms with E-state index >= 15 is 0 Å². The minimum Gasteiger partial charge on any atom is -0.350 e. The van der Waals surface area contributed by atoms with Crippen LogP contribution in [-0.2, 0) is 4.79 Å². The minimum atomic E-state index is -0.277. The van der Waals surface area contributed by atoms with E-state index in [1.165, 1.54) is 38.5 Å². The normalized spacial score (nSPS) is 40.5. The van der Waals surface area contributed by atoms with Crippen molar-refractivity contribution in [3.63, 3.8) is 0 Å². The number of hydrogen-bond donors (Lipinski definition) is 1. The number of nitrogens with one attached hydrogen (secondary N) is 1. The van der Waals surface area contributed by atoms with Gasteiger partial charge in [-0.25, -0.2) is 0 Å². The molecule has 0 unspecified atom stereocenters. The van der Waals surface area contributed by atoms with Gasteiger partial charge in [0.25, 0.3) is 0 Å². The first kappa shape index (κ1) is 13.7. The van der Waals surface area contributed by atoms with E-state index in [2.05, 4.69) is 5.32 Å². The lowest BCUT2D eigenvalue weighted by Crippen LogP contribution is -2.51. The molecule has 19 heavy (non-hydrogen) atoms. The predicted octanol–water partition coefficient (Wildman–Crippen LogP) is 3.73. The van der Waals surface area contributed by atoms with E-state index in [9.17, 15) is 4.79 Å². The molecule has 0 spiro atoms. The lowest BCUT2D eigenvalue weighted by Gasteiger charge is -2.56. The molecule has 4 fully saturated rings. The zero-order valence-corrected chi connectivity index (χ0v) is 12.9. The van der Waals surface area contributed by atoms with E-state index in [0.29, 0.717) is 11.3 Å². The van der Waals surface area contributed by atoms with Crippen LogP contribution in [0.5, 0.6) is 0 Å². The van der Waals surface area contributed by atoms with Gasteiger partial charge < -0.3 is 5.32 Å². The van der Waals surface area contributed by atoms with Crippen LogP contribution in [0.15, 0.2) is 0 Å². The molecule has 3 heteroatoms. The van der Waals surface area contributed by atoms with E-state index in [1.807, 2.05) is 13.8 Å². The van der Waals surface area contributed by atoms with Crippen molar-refractivity contribution in [3.8, 4) is 0 Å². The molecule has 4 saturated carbocycles. The third-order valence-corrected chi connectivity index (χ3v) is 6.18. The highest BCUT2D eigenvalue weighted by Crippen LogP contribution is 2.61. The Kier molecular flexibility index (Phi) is 3.36. The molecule has 4 aliphatic carbocycles. The van der Waals surface area contributed by atoms with E-state index in [-0.39, 0.29) is 11.4 Å². The van der Waals surface area contributed by atoms with Gasteiger partial charge in [-0.05, 0) is 75.5 Å². The quantitative estimate of drug-likeness (QED) is 0.783. The van der Waals surface area contributed by atoms with Crippen LogP contribution < -0.4 is 5.32 Å². The van der Waals surface area contributed by atoms with Gasteiger partial charge in [-0.2, -0.15) is 0 Å². The minimum absolute atomic E-state index is 0.215. The molecule has 1 N–H and O–H groups in total. The van der Waals surface area contributed by atoms with Gasteiger partial charge in [-0.15, -0.1) is 11.6 Å². The Morgan fingerprint density at radius 1 is 1.16 bits per heavy atom. The fourth-order valence-corrected chi connectivity index (χ4v) is 5.37. The number of amides is 1. The maximum Gasteiger partial charge on any atom is 0.221 e. The van der Waals surface area contributed by atoms with E-state index in [1.54, 1.807) is 0 Å². The summed E-state index contributed by atoms with van der Waals surface area (Å²) in [5.41, 5.74) is 0.0577. The summed E-state index contributed by atoms with van der Waals surface area (Å²) in [4.78, 5) is 12.3. The van der Waals surface area contributed by atoms with Crippen molar-refractivity contribution >= 4 is 17.5 Å². The van der Waals surface area contributed by atoms with Gasteiger partial charge in [0.15, 0.2) is 0 Å². The first-order valence-electron chi connectivity index (χ1n) is 7.77. The van der Waals surface area contributed by atoms with Gasteiger partial charge in [0, 0.05) is 17.8 Å². The van der Waals surface area contributed by atoms with Gasteiger partial charge in [0.05, 0.1) is 0 Å². The number of halogens is 1. The molecule has 0 aromatic carbocycles. The molecule has 0 aromatic rings. The fourth-order valence-electron chi connectivity index (χ4n) is 5.30. The predicted molar refractivity (Wildman–Crippen MR) is 78.2 cm³/mol. The summed E-state index contributed by atoms with van der Waals surface area (Å²) in [5.74, 6) is 3.44. The fraction of sp³-hybridized carbons (Fsp3) is 0.938. The molecular weight excluding hydrogens is 258 g/mol. The summed E-state index contributed by atoms with van der Waals surface area (Å²) in [6, 6.07) is 0. The highest BCUT2D eigenvalue weighted by atomic mass is 35.5. The number of hydrogen-bond acceptors (Lipinski definition) is 1. The third-order valence-electron chi connectivity index (χ3n) is 5.51. The highest BCUT2D eigenvalue weighted by molar-refractivity contribution is 6.18. The van der Waals surface area contributed by atoms with Crippen LogP contribution in [0.2, 0.25) is 0 Å². The van der Waals surface area contributed by atoms with E-state index in [0.717, 1.165) is 24.2 Å². The van der Waals surface area contributed by atoms with Crippen LogP contribution in [0.3, 0.4) is 0 Å². The van der Waals surface area contributed by atoms with Gasteiger partial charge >= 0.3 is 0 Å². The number of carbonyl (C=O) groups is 1. The van der Waals surface area contributed by atoms with Crippen molar-refractivity contribution in [1.29, 1.82) is 0 Å². The number of rotatable bonds is 4. The molecule has 4 bridgehead atoms. The molecule has 0 radical (unpaired) electrons. The summed E-state index contributed by atoms with van der Waals surface area (Å²) in [6.45, 7) is 4.00. The molecule has 0 aliphatic heterocycles. The molecular formula is C16H26ClNO. The van der Waals surface area contributed by atoms with Crippen LogP contribution in [-0.4, -0.2) is 17.3 Å². The third kappa shape index (κ3) is 2.79. The molecule has 4 rings (SSSR count). The Bertz CT molecular complexity index is 342. The van der Waals surface area contributed by atoms with E-state index in [4.69, 9.17) is 11.6 Å². The zero-order valence-electron chi connectivity index (χ0n) is 12.2. The first-order chi connectivity index (χ1) is 8.90. The van der Waals surface area contributed by atoms with Crippen LogP contribution >= 0.6 is 11.6 Å². The average molecular weight is 284 g/mol. The van der Waals surface area contributed by atoms with Crippen molar-refractivity contribution in [2.45, 2.75) is 64.3 Å². The molecule has 0 atom stereocenters. The Morgan fingerprint density at radius 2 is 1.63 bits per heavy atom. The average Bonchev–Trinajstić information content (AvgIpc) is 2.25. The van der Waals surface area contributed by atoms with Crippen LogP contribution in [0.25, 0.3) is 0 Å². The summed E-state index contributed by atoms with van der Waals surface area (Å²) in [6.07, 6.45) is 8.95. The molecule has 0 heterocycles. The summed E-state index contributed by atoms with van der Waals surface area (Å²) in [5, 5.41) is 3.11. The Labute approximate surface area is 121 Å². The topological polar surface area (TPSA) is 29.1 Å². The van der Waals surface area contributed by atoms with E-state index < -0.39 is 0 Å². The van der Waals surface area contributed by atoms with Gasteiger partial charge in [0.1, 0.15) is 0 Å². The smallest absolute Gasteiger partial charge is 0.221 e. The highest BCUT2D eigenvalue weighted by Gasteiger charge is 2.51. The molecule has 1 amide bonds. The Balaban J connectivity index is 1.65. The van der Waals surface area contributed by atoms with Crippen molar-refractivity contribution < 1.29 is 4.79 Å². The molecule has 4 aliphatic rings. The lowest BCUT2D eigenvalue weighted by atomic mass is 9.49. The first-order valence-corrected chi connectivity index (χ1v) is 8.30. The van der Waals surface area contributed by atoms with Crippen LogP contribution in [0.1, 0.15) is 58.8 Å². The van der Waals surface area contributed by atoms with Crippen molar-refractivity contribution in [3.05, 3.63) is 0 Å². The van der Waals surface area contributed by atoms with Gasteiger partial charge in [-0.3, -0.25) is 4.79 Å². The second-order valence-corrected chi connectivity index (χ2v) is 8.43. The van der Waals surface area contributed by atoms with Crippen molar-refractivity contribution in [1.82, 2.24) is 5.32 Å². The summed E-state index contributed by atoms with van der Waals surface area (Å²) in [7, 11) is 0. The number of carbonyl (C=O) groups excluding carboxylic acids is 1. The monoisotopic (exact) mass is 283 g/mol. The standard InChI is InChI=1S/C16H26ClNO/c1-15(2,10-17)18-14(19)9-16-6-11-3-12(7-16)5-13(4-11)8-16/h11-13H,3-10H2,1-2H3,(H,18,19). The molecule has 108 valence electrons. The zero-order chi connectivity index (χ0) is 13.7. The molecule has 2 nitrogen and oxygen atoms in total. The largest absolute Gasteiger partial charge is 0.350 e. The molecule has 0 aromatic heterocycles. The summed E-state index contributed by atoms with van der Waals surface area (Å²) >= 11 is 5.90. The second kappa shape index (κ2) is 4.65. The Morgan fingerprint density at radius 3 is 2.05 bits per heavy atom. The maximum absolute atomic E-state index is 12.3. The number of alkyl halides is 1. The second-order valence-electron chi connectivity index (χ2n) is 8.16. The van der Waals surface area contributed by atoms with Crippen molar-refractivity contribution in [2.24, 2.45) is 23.2 Å². The Hall–Kier alpha value is -0.240. The lowest BCUT2D eigenvalue weighted by molar-refractivity contribution is -0.130. The van der Waals surface area contributed by atoms with Gasteiger partial charge in [0.2, 0.25) is 5.91 Å². The van der Waals surface area contributed by atoms with Crippen LogP contribution in [0, 0.1) is 23.2 Å². The van der Waals surface area contributed by atoms with Gasteiger partial charge in [-0.1, -0.05) is 0 Å².